The standard InChI is InChI=1S/C27H27N3O5/c1-27(2,26(32)33)30-25(31)24(29-21-12-9-18(16-28)10-13-21)20-11-14-22(23(15-20)34-3)35-17-19-7-5-4-6-8-19/h4-15,24,29H,17H2,1-3H3,(H,30,31)(H,32,33)/p-1. The van der Waals surface area contributed by atoms with Crippen molar-refractivity contribution in [3.63, 3.8) is 0 Å². The van der Waals surface area contributed by atoms with Gasteiger partial charge in [-0.3, -0.25) is 4.79 Å². The summed E-state index contributed by atoms with van der Waals surface area (Å²) in [6.45, 7) is 3.03. The number of carboxylic acid groups (broad SMARTS) is 1. The molecule has 0 saturated heterocycles. The second-order valence-electron chi connectivity index (χ2n) is 8.35. The molecule has 2 N–H and O–H groups in total. The van der Waals surface area contributed by atoms with Crippen LogP contribution in [0.1, 0.15) is 36.6 Å². The zero-order chi connectivity index (χ0) is 25.4. The van der Waals surface area contributed by atoms with E-state index in [9.17, 15) is 14.7 Å². The van der Waals surface area contributed by atoms with Gasteiger partial charge in [-0.2, -0.15) is 5.26 Å². The summed E-state index contributed by atoms with van der Waals surface area (Å²) in [5.41, 5.74) is 0.951. The molecule has 8 heteroatoms. The molecular weight excluding hydrogens is 446 g/mol. The number of carbonyl (C=O) groups excluding carboxylic acids is 2. The molecule has 0 radical (unpaired) electrons. The summed E-state index contributed by atoms with van der Waals surface area (Å²) in [6, 6.07) is 22.3. The van der Waals surface area contributed by atoms with Crippen molar-refractivity contribution in [3.8, 4) is 17.6 Å². The molecule has 0 bridgehead atoms. The summed E-state index contributed by atoms with van der Waals surface area (Å²) in [6.07, 6.45) is 0. The number of ether oxygens (including phenoxy) is 2. The minimum atomic E-state index is -1.59. The van der Waals surface area contributed by atoms with E-state index in [1.165, 1.54) is 21.0 Å². The Kier molecular flexibility index (Phi) is 7.95. The third-order valence-electron chi connectivity index (χ3n) is 5.29. The normalized spacial score (nSPS) is 11.6. The first kappa shape index (κ1) is 25.1. The fraction of sp³-hybridized carbons (Fsp3) is 0.222. The number of nitrogens with one attached hydrogen (secondary N) is 2. The van der Waals surface area contributed by atoms with Crippen LogP contribution in [0.3, 0.4) is 0 Å². The predicted octanol–water partition coefficient (Wildman–Crippen LogP) is 2.94. The Morgan fingerprint density at radius 2 is 1.71 bits per heavy atom. The lowest BCUT2D eigenvalue weighted by molar-refractivity contribution is -0.313. The van der Waals surface area contributed by atoms with Gasteiger partial charge in [0, 0.05) is 5.69 Å². The Hall–Kier alpha value is -4.51. The van der Waals surface area contributed by atoms with E-state index in [2.05, 4.69) is 10.6 Å². The van der Waals surface area contributed by atoms with Gasteiger partial charge in [-0.25, -0.2) is 0 Å². The van der Waals surface area contributed by atoms with Gasteiger partial charge in [0.15, 0.2) is 11.5 Å². The average molecular weight is 473 g/mol. The molecule has 0 saturated carbocycles. The van der Waals surface area contributed by atoms with Crippen molar-refractivity contribution in [3.05, 3.63) is 89.5 Å². The molecule has 35 heavy (non-hydrogen) atoms. The fourth-order valence-electron chi connectivity index (χ4n) is 3.26. The Balaban J connectivity index is 1.90. The number of nitrogens with zero attached hydrogens (tertiary/aromatic N) is 1. The number of aliphatic carboxylic acids is 1. The van der Waals surface area contributed by atoms with Crippen molar-refractivity contribution in [2.75, 3.05) is 12.4 Å². The molecule has 0 heterocycles. The molecule has 1 unspecified atom stereocenters. The Labute approximate surface area is 204 Å². The summed E-state index contributed by atoms with van der Waals surface area (Å²) >= 11 is 0. The summed E-state index contributed by atoms with van der Waals surface area (Å²) in [4.78, 5) is 24.7. The summed E-state index contributed by atoms with van der Waals surface area (Å²) in [5, 5.41) is 26.1. The number of amides is 1. The van der Waals surface area contributed by atoms with Crippen molar-refractivity contribution >= 4 is 17.6 Å². The number of carbonyl (C=O) groups is 2. The molecule has 0 aliphatic rings. The molecule has 0 spiro atoms. The van der Waals surface area contributed by atoms with Gasteiger partial charge >= 0.3 is 0 Å². The van der Waals surface area contributed by atoms with Crippen molar-refractivity contribution in [2.45, 2.75) is 32.0 Å². The number of anilines is 1. The van der Waals surface area contributed by atoms with E-state index in [0.29, 0.717) is 34.9 Å². The second-order valence-corrected chi connectivity index (χ2v) is 8.35. The van der Waals surface area contributed by atoms with Gasteiger partial charge in [0.05, 0.1) is 30.3 Å². The minimum Gasteiger partial charge on any atom is -0.548 e. The van der Waals surface area contributed by atoms with Crippen LogP contribution < -0.4 is 25.2 Å². The Morgan fingerprint density at radius 1 is 1.03 bits per heavy atom. The third-order valence-corrected chi connectivity index (χ3v) is 5.29. The highest BCUT2D eigenvalue weighted by molar-refractivity contribution is 5.91. The van der Waals surface area contributed by atoms with Gasteiger partial charge in [0.2, 0.25) is 5.91 Å². The molecule has 0 fully saturated rings. The third kappa shape index (κ3) is 6.51. The van der Waals surface area contributed by atoms with Crippen LogP contribution in [0, 0.1) is 11.3 Å². The van der Waals surface area contributed by atoms with E-state index in [0.717, 1.165) is 5.56 Å². The SMILES string of the molecule is COc1cc(C(Nc2ccc(C#N)cc2)C(=O)NC(C)(C)C(=O)[O-])ccc1OCc1ccccc1. The number of benzene rings is 3. The van der Waals surface area contributed by atoms with Crippen LogP contribution in [0.25, 0.3) is 0 Å². The van der Waals surface area contributed by atoms with Gasteiger partial charge in [0.25, 0.3) is 0 Å². The van der Waals surface area contributed by atoms with E-state index in [4.69, 9.17) is 14.7 Å². The molecule has 3 aromatic rings. The van der Waals surface area contributed by atoms with Crippen molar-refractivity contribution in [1.29, 1.82) is 5.26 Å². The number of hydrogen-bond acceptors (Lipinski definition) is 7. The number of methoxy groups -OCH3 is 1. The van der Waals surface area contributed by atoms with Crippen LogP contribution in [-0.2, 0) is 16.2 Å². The summed E-state index contributed by atoms with van der Waals surface area (Å²) in [5.74, 6) is -1.08. The van der Waals surface area contributed by atoms with Gasteiger partial charge < -0.3 is 30.0 Å². The quantitative estimate of drug-likeness (QED) is 0.465. The lowest BCUT2D eigenvalue weighted by Gasteiger charge is -2.30. The molecule has 180 valence electrons. The minimum absolute atomic E-state index is 0.337. The average Bonchev–Trinajstić information content (AvgIpc) is 2.86. The second kappa shape index (κ2) is 11.1. The summed E-state index contributed by atoms with van der Waals surface area (Å²) < 4.78 is 11.4. The van der Waals surface area contributed by atoms with E-state index in [-0.39, 0.29) is 0 Å². The molecule has 0 aromatic heterocycles. The fourth-order valence-corrected chi connectivity index (χ4v) is 3.26. The van der Waals surface area contributed by atoms with E-state index < -0.39 is 23.5 Å². The van der Waals surface area contributed by atoms with E-state index >= 15 is 0 Å². The van der Waals surface area contributed by atoms with Crippen molar-refractivity contribution in [2.24, 2.45) is 0 Å². The van der Waals surface area contributed by atoms with Gasteiger partial charge in [-0.05, 0) is 61.4 Å². The molecule has 8 nitrogen and oxygen atoms in total. The van der Waals surface area contributed by atoms with Crippen LogP contribution in [0.2, 0.25) is 0 Å². The largest absolute Gasteiger partial charge is 0.548 e. The molecule has 1 atom stereocenters. The Morgan fingerprint density at radius 3 is 2.31 bits per heavy atom. The van der Waals surface area contributed by atoms with Crippen LogP contribution in [0.4, 0.5) is 5.69 Å². The smallest absolute Gasteiger partial charge is 0.247 e. The molecule has 3 rings (SSSR count). The van der Waals surface area contributed by atoms with Crippen LogP contribution in [-0.4, -0.2) is 24.5 Å². The van der Waals surface area contributed by atoms with E-state index in [1.54, 1.807) is 42.5 Å². The number of hydrogen-bond donors (Lipinski definition) is 2. The first-order valence-corrected chi connectivity index (χ1v) is 10.9. The first-order chi connectivity index (χ1) is 16.7. The highest BCUT2D eigenvalue weighted by Gasteiger charge is 2.29. The lowest BCUT2D eigenvalue weighted by Crippen LogP contribution is -2.57. The number of nitriles is 1. The zero-order valence-corrected chi connectivity index (χ0v) is 19.7. The molecule has 1 amide bonds. The maximum atomic E-state index is 13.2. The maximum Gasteiger partial charge on any atom is 0.247 e. The number of rotatable bonds is 10. The lowest BCUT2D eigenvalue weighted by atomic mass is 10.0. The Bertz CT molecular complexity index is 1220. The van der Waals surface area contributed by atoms with Gasteiger partial charge in [0.1, 0.15) is 12.6 Å². The maximum absolute atomic E-state index is 13.2. The van der Waals surface area contributed by atoms with Crippen molar-refractivity contribution < 1.29 is 24.2 Å². The monoisotopic (exact) mass is 472 g/mol. The molecular formula is C27H26N3O5-. The predicted molar refractivity (Wildman–Crippen MR) is 129 cm³/mol. The molecule has 0 aliphatic heterocycles. The van der Waals surface area contributed by atoms with Crippen molar-refractivity contribution in [1.82, 2.24) is 5.32 Å². The first-order valence-electron chi connectivity index (χ1n) is 10.9. The molecule has 3 aromatic carbocycles. The highest BCUT2D eigenvalue weighted by Crippen LogP contribution is 2.32. The molecule has 0 aliphatic carbocycles. The van der Waals surface area contributed by atoms with Gasteiger partial charge in [-0.1, -0.05) is 36.4 Å². The van der Waals surface area contributed by atoms with Crippen LogP contribution in [0.15, 0.2) is 72.8 Å². The topological polar surface area (TPSA) is 124 Å². The van der Waals surface area contributed by atoms with E-state index in [1.807, 2.05) is 36.4 Å². The van der Waals surface area contributed by atoms with Crippen LogP contribution in [0.5, 0.6) is 11.5 Å². The van der Waals surface area contributed by atoms with Crippen LogP contribution >= 0.6 is 0 Å². The summed E-state index contributed by atoms with van der Waals surface area (Å²) in [7, 11) is 1.50. The highest BCUT2D eigenvalue weighted by atomic mass is 16.5. The number of carboxylic acids is 1. The van der Waals surface area contributed by atoms with Gasteiger partial charge in [-0.15, -0.1) is 0 Å². The zero-order valence-electron chi connectivity index (χ0n) is 19.7.